The number of aryl methyl sites for hydroxylation is 1. The summed E-state index contributed by atoms with van der Waals surface area (Å²) in [5, 5.41) is 18.4. The molecule has 0 N–H and O–H groups in total. The van der Waals surface area contributed by atoms with E-state index in [4.69, 9.17) is 9.47 Å². The second-order valence-electron chi connectivity index (χ2n) is 6.53. The molecule has 27 heavy (non-hydrogen) atoms. The largest absolute Gasteiger partial charge is 0.490 e. The van der Waals surface area contributed by atoms with Gasteiger partial charge in [-0.1, -0.05) is 25.5 Å². The Kier molecular flexibility index (Phi) is 6.48. The van der Waals surface area contributed by atoms with Crippen molar-refractivity contribution >= 4 is 11.6 Å². The summed E-state index contributed by atoms with van der Waals surface area (Å²) >= 11 is 0. The number of ether oxygens (including phenoxy) is 2. The molecule has 6 heteroatoms. The van der Waals surface area contributed by atoms with Gasteiger partial charge in [-0.15, -0.1) is 10.2 Å². The standard InChI is InChI=1S/C21H26N4O2/c1-3-13-27-20-16(9-8-10-18(20)26-4-2)14-17(15-22)21-24-23-19-11-6-5-7-12-25(19)21/h8-10,14H,3-7,11-13H2,1-2H3. The lowest BCUT2D eigenvalue weighted by Gasteiger charge is -2.14. The van der Waals surface area contributed by atoms with Crippen molar-refractivity contribution in [1.29, 1.82) is 5.26 Å². The molecule has 0 bridgehead atoms. The molecule has 0 unspecified atom stereocenters. The van der Waals surface area contributed by atoms with Crippen LogP contribution in [0.25, 0.3) is 11.6 Å². The van der Waals surface area contributed by atoms with E-state index in [0.29, 0.717) is 36.1 Å². The van der Waals surface area contributed by atoms with Gasteiger partial charge in [0.1, 0.15) is 11.9 Å². The van der Waals surface area contributed by atoms with Crippen molar-refractivity contribution in [3.05, 3.63) is 35.4 Å². The molecule has 0 spiro atoms. The van der Waals surface area contributed by atoms with Gasteiger partial charge in [0.2, 0.25) is 0 Å². The van der Waals surface area contributed by atoms with Gasteiger partial charge in [0.05, 0.1) is 18.8 Å². The van der Waals surface area contributed by atoms with Gasteiger partial charge >= 0.3 is 0 Å². The molecule has 0 fully saturated rings. The first kappa shape index (κ1) is 19.0. The average Bonchev–Trinajstić information content (AvgIpc) is 2.93. The Morgan fingerprint density at radius 2 is 2.11 bits per heavy atom. The van der Waals surface area contributed by atoms with E-state index in [1.54, 1.807) is 0 Å². The van der Waals surface area contributed by atoms with Crippen LogP contribution in [-0.4, -0.2) is 28.0 Å². The fourth-order valence-electron chi connectivity index (χ4n) is 3.26. The summed E-state index contributed by atoms with van der Waals surface area (Å²) in [5.41, 5.74) is 1.31. The number of para-hydroxylation sites is 1. The Labute approximate surface area is 160 Å². The van der Waals surface area contributed by atoms with E-state index in [-0.39, 0.29) is 0 Å². The van der Waals surface area contributed by atoms with Gasteiger partial charge in [0.25, 0.3) is 0 Å². The smallest absolute Gasteiger partial charge is 0.174 e. The molecule has 1 aliphatic rings. The minimum absolute atomic E-state index is 0.491. The van der Waals surface area contributed by atoms with Crippen molar-refractivity contribution < 1.29 is 9.47 Å². The van der Waals surface area contributed by atoms with Crippen molar-refractivity contribution in [2.24, 2.45) is 0 Å². The number of benzene rings is 1. The molecular formula is C21H26N4O2. The topological polar surface area (TPSA) is 73.0 Å². The predicted molar refractivity (Wildman–Crippen MR) is 104 cm³/mol. The maximum Gasteiger partial charge on any atom is 0.174 e. The van der Waals surface area contributed by atoms with E-state index in [1.165, 1.54) is 6.42 Å². The number of aromatic nitrogens is 3. The van der Waals surface area contributed by atoms with E-state index >= 15 is 0 Å². The fourth-order valence-corrected chi connectivity index (χ4v) is 3.26. The first-order chi connectivity index (χ1) is 13.3. The number of hydrogen-bond acceptors (Lipinski definition) is 5. The van der Waals surface area contributed by atoms with E-state index in [1.807, 2.05) is 31.2 Å². The third-order valence-corrected chi connectivity index (χ3v) is 4.53. The van der Waals surface area contributed by atoms with Crippen LogP contribution in [0.2, 0.25) is 0 Å². The van der Waals surface area contributed by atoms with Gasteiger partial charge in [0.15, 0.2) is 17.3 Å². The van der Waals surface area contributed by atoms with Crippen LogP contribution in [0.3, 0.4) is 0 Å². The minimum Gasteiger partial charge on any atom is -0.490 e. The highest BCUT2D eigenvalue weighted by Gasteiger charge is 2.19. The lowest BCUT2D eigenvalue weighted by molar-refractivity contribution is 0.276. The Balaban J connectivity index is 2.03. The highest BCUT2D eigenvalue weighted by molar-refractivity contribution is 5.89. The second-order valence-corrected chi connectivity index (χ2v) is 6.53. The number of allylic oxidation sites excluding steroid dienone is 1. The molecule has 1 aliphatic heterocycles. The number of nitrogens with zero attached hydrogens (tertiary/aromatic N) is 4. The fraction of sp³-hybridized carbons (Fsp3) is 0.476. The third kappa shape index (κ3) is 4.30. The van der Waals surface area contributed by atoms with Crippen LogP contribution in [0.5, 0.6) is 11.5 Å². The lowest BCUT2D eigenvalue weighted by Crippen LogP contribution is -2.05. The van der Waals surface area contributed by atoms with E-state index < -0.39 is 0 Å². The van der Waals surface area contributed by atoms with Crippen LogP contribution < -0.4 is 9.47 Å². The van der Waals surface area contributed by atoms with Crippen molar-refractivity contribution in [2.45, 2.75) is 52.5 Å². The molecule has 1 aromatic heterocycles. The molecule has 0 amide bonds. The Bertz CT molecular complexity index is 848. The molecule has 0 saturated carbocycles. The first-order valence-electron chi connectivity index (χ1n) is 9.71. The number of nitriles is 1. The monoisotopic (exact) mass is 366 g/mol. The molecule has 0 saturated heterocycles. The van der Waals surface area contributed by atoms with Crippen LogP contribution in [0.15, 0.2) is 18.2 Å². The zero-order chi connectivity index (χ0) is 19.1. The van der Waals surface area contributed by atoms with Crippen molar-refractivity contribution in [3.8, 4) is 17.6 Å². The summed E-state index contributed by atoms with van der Waals surface area (Å²) in [7, 11) is 0. The quantitative estimate of drug-likeness (QED) is 0.685. The van der Waals surface area contributed by atoms with Gasteiger partial charge in [0, 0.05) is 18.5 Å². The van der Waals surface area contributed by atoms with Crippen LogP contribution in [0, 0.1) is 11.3 Å². The molecule has 3 rings (SSSR count). The SMILES string of the molecule is CCCOc1c(C=C(C#N)c2nnc3n2CCCCC3)cccc1OCC. The van der Waals surface area contributed by atoms with Gasteiger partial charge in [-0.3, -0.25) is 0 Å². The van der Waals surface area contributed by atoms with E-state index in [0.717, 1.165) is 43.6 Å². The summed E-state index contributed by atoms with van der Waals surface area (Å²) in [6.07, 6.45) is 7.02. The predicted octanol–water partition coefficient (Wildman–Crippen LogP) is 4.26. The molecule has 2 aromatic rings. The molecule has 1 aromatic carbocycles. The number of fused-ring (bicyclic) bond motifs is 1. The van der Waals surface area contributed by atoms with Gasteiger partial charge in [-0.25, -0.2) is 0 Å². The van der Waals surface area contributed by atoms with Gasteiger partial charge < -0.3 is 14.0 Å². The second kappa shape index (κ2) is 9.22. The number of hydrogen-bond donors (Lipinski definition) is 0. The molecular weight excluding hydrogens is 340 g/mol. The molecule has 0 aliphatic carbocycles. The summed E-state index contributed by atoms with van der Waals surface area (Å²) in [6, 6.07) is 8.04. The summed E-state index contributed by atoms with van der Waals surface area (Å²) in [5.74, 6) is 2.97. The number of rotatable bonds is 7. The Morgan fingerprint density at radius 3 is 2.89 bits per heavy atom. The normalized spacial score (nSPS) is 14.2. The van der Waals surface area contributed by atoms with E-state index in [2.05, 4.69) is 27.8 Å². The first-order valence-corrected chi connectivity index (χ1v) is 9.71. The van der Waals surface area contributed by atoms with Crippen molar-refractivity contribution in [2.75, 3.05) is 13.2 Å². The van der Waals surface area contributed by atoms with Gasteiger partial charge in [-0.2, -0.15) is 5.26 Å². The minimum atomic E-state index is 0.491. The van der Waals surface area contributed by atoms with Gasteiger partial charge in [-0.05, 0) is 38.3 Å². The lowest BCUT2D eigenvalue weighted by atomic mass is 10.1. The average molecular weight is 366 g/mol. The summed E-state index contributed by atoms with van der Waals surface area (Å²) < 4.78 is 13.7. The summed E-state index contributed by atoms with van der Waals surface area (Å²) in [6.45, 7) is 6.00. The van der Waals surface area contributed by atoms with E-state index in [9.17, 15) is 5.26 Å². The summed E-state index contributed by atoms with van der Waals surface area (Å²) in [4.78, 5) is 0. The molecule has 142 valence electrons. The third-order valence-electron chi connectivity index (χ3n) is 4.53. The molecule has 2 heterocycles. The highest BCUT2D eigenvalue weighted by Crippen LogP contribution is 2.34. The van der Waals surface area contributed by atoms with Crippen LogP contribution in [-0.2, 0) is 13.0 Å². The Morgan fingerprint density at radius 1 is 1.22 bits per heavy atom. The van der Waals surface area contributed by atoms with Crippen LogP contribution >= 0.6 is 0 Å². The zero-order valence-electron chi connectivity index (χ0n) is 16.1. The molecule has 0 atom stereocenters. The van der Waals surface area contributed by atoms with Crippen molar-refractivity contribution in [1.82, 2.24) is 14.8 Å². The van der Waals surface area contributed by atoms with Crippen LogP contribution in [0.4, 0.5) is 0 Å². The Hall–Kier alpha value is -2.81. The zero-order valence-corrected chi connectivity index (χ0v) is 16.1. The highest BCUT2D eigenvalue weighted by atomic mass is 16.5. The molecule has 0 radical (unpaired) electrons. The van der Waals surface area contributed by atoms with Crippen molar-refractivity contribution in [3.63, 3.8) is 0 Å². The molecule has 6 nitrogen and oxygen atoms in total. The maximum absolute atomic E-state index is 9.80. The maximum atomic E-state index is 9.80. The van der Waals surface area contributed by atoms with Crippen LogP contribution in [0.1, 0.15) is 56.7 Å².